The summed E-state index contributed by atoms with van der Waals surface area (Å²) in [5.41, 5.74) is 0. The summed E-state index contributed by atoms with van der Waals surface area (Å²) in [6, 6.07) is 0. The summed E-state index contributed by atoms with van der Waals surface area (Å²) < 4.78 is 17.0. The van der Waals surface area contributed by atoms with Gasteiger partial charge in [0.1, 0.15) is 13.2 Å². The zero-order chi connectivity index (χ0) is 57.8. The Labute approximate surface area is 500 Å². The zero-order valence-corrected chi connectivity index (χ0v) is 54.4. The van der Waals surface area contributed by atoms with Gasteiger partial charge in [-0.25, -0.2) is 0 Å². The van der Waals surface area contributed by atoms with E-state index in [1.54, 1.807) is 0 Å². The lowest BCUT2D eigenvalue weighted by molar-refractivity contribution is -0.167. The first-order valence-electron chi connectivity index (χ1n) is 36.3. The lowest BCUT2D eigenvalue weighted by atomic mass is 10.0. The molecule has 6 heteroatoms. The van der Waals surface area contributed by atoms with Crippen molar-refractivity contribution in [3.8, 4) is 0 Å². The number of carbonyl (C=O) groups excluding carboxylic acids is 3. The van der Waals surface area contributed by atoms with E-state index in [9.17, 15) is 14.4 Å². The standard InChI is InChI=1S/C74H140O6/c1-4-7-10-13-16-19-21-23-25-27-29-31-33-34-35-36-37-38-39-40-41-43-44-46-48-50-52-55-58-61-64-67-73(76)79-70-71(69-78-72(75)66-63-60-57-54-18-15-12-9-6-3)80-74(77)68-65-62-59-56-53-51-49-47-45-42-32-30-28-26-24-22-20-17-14-11-8-5-2/h21,23,27,29,71H,4-20,22,24-26,28,30-70H2,1-3H3/b23-21-,29-27-. The third kappa shape index (κ3) is 66.7. The number of ether oxygens (including phenoxy) is 3. The van der Waals surface area contributed by atoms with Crippen molar-refractivity contribution in [1.82, 2.24) is 0 Å². The molecule has 0 aromatic rings. The maximum atomic E-state index is 12.9. The summed E-state index contributed by atoms with van der Waals surface area (Å²) in [7, 11) is 0. The van der Waals surface area contributed by atoms with Crippen LogP contribution in [0.5, 0.6) is 0 Å². The average Bonchev–Trinajstić information content (AvgIpc) is 3.46. The molecule has 80 heavy (non-hydrogen) atoms. The van der Waals surface area contributed by atoms with Crippen molar-refractivity contribution in [3.05, 3.63) is 24.3 Å². The molecule has 0 radical (unpaired) electrons. The molecule has 0 aromatic heterocycles. The molecule has 0 rings (SSSR count). The van der Waals surface area contributed by atoms with Crippen LogP contribution in [-0.4, -0.2) is 37.2 Å². The summed E-state index contributed by atoms with van der Waals surface area (Å²) >= 11 is 0. The number of esters is 3. The fraction of sp³-hybridized carbons (Fsp3) is 0.905. The lowest BCUT2D eigenvalue weighted by Crippen LogP contribution is -2.30. The van der Waals surface area contributed by atoms with Gasteiger partial charge in [0.2, 0.25) is 0 Å². The Hall–Kier alpha value is -2.11. The minimum atomic E-state index is -0.765. The largest absolute Gasteiger partial charge is 0.462 e. The summed E-state index contributed by atoms with van der Waals surface area (Å²) in [5.74, 6) is -0.833. The molecule has 0 spiro atoms. The Balaban J connectivity index is 4.05. The van der Waals surface area contributed by atoms with Crippen LogP contribution in [0.15, 0.2) is 24.3 Å². The molecule has 0 bridgehead atoms. The van der Waals surface area contributed by atoms with Gasteiger partial charge in [-0.1, -0.05) is 366 Å². The van der Waals surface area contributed by atoms with Crippen LogP contribution in [0.2, 0.25) is 0 Å². The highest BCUT2D eigenvalue weighted by Gasteiger charge is 2.19. The molecule has 0 aliphatic heterocycles. The summed E-state index contributed by atoms with van der Waals surface area (Å²) in [6.45, 7) is 6.69. The molecule has 472 valence electrons. The Kier molecular flexibility index (Phi) is 67.6. The van der Waals surface area contributed by atoms with Crippen molar-refractivity contribution < 1.29 is 28.6 Å². The Morgan fingerprint density at radius 2 is 0.450 bits per heavy atom. The minimum absolute atomic E-state index is 0.0634. The van der Waals surface area contributed by atoms with E-state index in [0.29, 0.717) is 19.3 Å². The van der Waals surface area contributed by atoms with E-state index in [0.717, 1.165) is 64.2 Å². The summed E-state index contributed by atoms with van der Waals surface area (Å²) in [6.07, 6.45) is 85.2. The van der Waals surface area contributed by atoms with Gasteiger partial charge in [-0.05, 0) is 51.4 Å². The first kappa shape index (κ1) is 77.9. The number of hydrogen-bond acceptors (Lipinski definition) is 6. The van der Waals surface area contributed by atoms with Gasteiger partial charge in [0.15, 0.2) is 6.10 Å². The third-order valence-corrected chi connectivity index (χ3v) is 16.7. The van der Waals surface area contributed by atoms with Crippen LogP contribution in [0.3, 0.4) is 0 Å². The molecule has 0 aromatic carbocycles. The molecule has 1 unspecified atom stereocenters. The van der Waals surface area contributed by atoms with E-state index in [-0.39, 0.29) is 31.1 Å². The number of rotatable bonds is 68. The number of hydrogen-bond donors (Lipinski definition) is 0. The van der Waals surface area contributed by atoms with Crippen LogP contribution in [0.25, 0.3) is 0 Å². The van der Waals surface area contributed by atoms with Gasteiger partial charge in [0.25, 0.3) is 0 Å². The fourth-order valence-electron chi connectivity index (χ4n) is 11.2. The van der Waals surface area contributed by atoms with Crippen molar-refractivity contribution in [1.29, 1.82) is 0 Å². The normalized spacial score (nSPS) is 12.1. The molecular formula is C74H140O6. The number of allylic oxidation sites excluding steroid dienone is 4. The second kappa shape index (κ2) is 69.4. The molecule has 0 saturated carbocycles. The monoisotopic (exact) mass is 1130 g/mol. The maximum Gasteiger partial charge on any atom is 0.306 e. The van der Waals surface area contributed by atoms with Gasteiger partial charge in [-0.15, -0.1) is 0 Å². The van der Waals surface area contributed by atoms with Crippen LogP contribution >= 0.6 is 0 Å². The van der Waals surface area contributed by atoms with E-state index >= 15 is 0 Å². The van der Waals surface area contributed by atoms with Crippen LogP contribution in [0.1, 0.15) is 412 Å². The molecule has 0 saturated heterocycles. The Morgan fingerprint density at radius 1 is 0.250 bits per heavy atom. The number of carbonyl (C=O) groups is 3. The van der Waals surface area contributed by atoms with Crippen LogP contribution in [0, 0.1) is 0 Å². The summed E-state index contributed by atoms with van der Waals surface area (Å²) in [4.78, 5) is 38.3. The Bertz CT molecular complexity index is 1290. The fourth-order valence-corrected chi connectivity index (χ4v) is 11.2. The van der Waals surface area contributed by atoms with Gasteiger partial charge in [-0.2, -0.15) is 0 Å². The second-order valence-corrected chi connectivity index (χ2v) is 24.9. The van der Waals surface area contributed by atoms with Gasteiger partial charge < -0.3 is 14.2 Å². The molecule has 0 heterocycles. The molecule has 0 N–H and O–H groups in total. The SMILES string of the molecule is CCCCCCC/C=C\C/C=C\CCCCCCCCCCCCCCCCCCCCCC(=O)OCC(COC(=O)CCCCCCCCCCC)OC(=O)CCCCCCCCCCCCCCCCCCCCCCCC. The van der Waals surface area contributed by atoms with E-state index in [4.69, 9.17) is 14.2 Å². The number of unbranched alkanes of at least 4 members (excludes halogenated alkanes) is 53. The first-order valence-corrected chi connectivity index (χ1v) is 36.3. The first-order chi connectivity index (χ1) is 39.5. The van der Waals surface area contributed by atoms with Crippen LogP contribution in [-0.2, 0) is 28.6 Å². The predicted molar refractivity (Wildman–Crippen MR) is 349 cm³/mol. The van der Waals surface area contributed by atoms with Crippen molar-refractivity contribution in [3.63, 3.8) is 0 Å². The average molecular weight is 1130 g/mol. The van der Waals surface area contributed by atoms with Crippen molar-refractivity contribution in [2.75, 3.05) is 13.2 Å². The molecule has 6 nitrogen and oxygen atoms in total. The van der Waals surface area contributed by atoms with E-state index in [1.165, 1.54) is 308 Å². The quantitative estimate of drug-likeness (QED) is 0.0261. The van der Waals surface area contributed by atoms with Gasteiger partial charge >= 0.3 is 17.9 Å². The highest BCUT2D eigenvalue weighted by atomic mass is 16.6. The van der Waals surface area contributed by atoms with E-state index in [1.807, 2.05) is 0 Å². The molecule has 0 aliphatic carbocycles. The molecule has 0 aliphatic rings. The van der Waals surface area contributed by atoms with Crippen molar-refractivity contribution >= 4 is 17.9 Å². The van der Waals surface area contributed by atoms with Gasteiger partial charge in [0, 0.05) is 19.3 Å². The minimum Gasteiger partial charge on any atom is -0.462 e. The van der Waals surface area contributed by atoms with Crippen LogP contribution < -0.4 is 0 Å². The van der Waals surface area contributed by atoms with Crippen LogP contribution in [0.4, 0.5) is 0 Å². The molecule has 1 atom stereocenters. The topological polar surface area (TPSA) is 78.9 Å². The molecule has 0 amide bonds. The zero-order valence-electron chi connectivity index (χ0n) is 54.4. The highest BCUT2D eigenvalue weighted by molar-refractivity contribution is 5.71. The van der Waals surface area contributed by atoms with Crippen molar-refractivity contribution in [2.45, 2.75) is 419 Å². The Morgan fingerprint density at radius 3 is 0.688 bits per heavy atom. The summed E-state index contributed by atoms with van der Waals surface area (Å²) in [5, 5.41) is 0. The molecule has 0 fully saturated rings. The van der Waals surface area contributed by atoms with E-state index < -0.39 is 6.10 Å². The van der Waals surface area contributed by atoms with Crippen molar-refractivity contribution in [2.24, 2.45) is 0 Å². The second-order valence-electron chi connectivity index (χ2n) is 24.9. The molecular weight excluding hydrogens is 985 g/mol. The smallest absolute Gasteiger partial charge is 0.306 e. The highest BCUT2D eigenvalue weighted by Crippen LogP contribution is 2.19. The van der Waals surface area contributed by atoms with Gasteiger partial charge in [0.05, 0.1) is 0 Å². The third-order valence-electron chi connectivity index (χ3n) is 16.7. The predicted octanol–water partition coefficient (Wildman–Crippen LogP) is 25.0. The van der Waals surface area contributed by atoms with E-state index in [2.05, 4.69) is 45.1 Å². The lowest BCUT2D eigenvalue weighted by Gasteiger charge is -2.18. The maximum absolute atomic E-state index is 12.9. The van der Waals surface area contributed by atoms with Gasteiger partial charge in [-0.3, -0.25) is 14.4 Å².